The lowest BCUT2D eigenvalue weighted by atomic mass is 10.0. The fourth-order valence-corrected chi connectivity index (χ4v) is 3.14. The number of aryl methyl sites for hydroxylation is 3. The third-order valence-corrected chi connectivity index (χ3v) is 4.24. The van der Waals surface area contributed by atoms with Crippen LogP contribution in [0.5, 0.6) is 0 Å². The molecule has 4 nitrogen and oxygen atoms in total. The Hall–Kier alpha value is -1.72. The second-order valence-electron chi connectivity index (χ2n) is 4.59. The first-order valence-corrected chi connectivity index (χ1v) is 7.22. The molecule has 0 radical (unpaired) electrons. The third kappa shape index (κ3) is 2.27. The highest BCUT2D eigenvalue weighted by molar-refractivity contribution is 7.15. The minimum absolute atomic E-state index is 0.523. The fourth-order valence-electron chi connectivity index (χ4n) is 2.28. The quantitative estimate of drug-likeness (QED) is 0.793. The second-order valence-corrected chi connectivity index (χ2v) is 5.43. The molecule has 3 rings (SSSR count). The average Bonchev–Trinajstić information content (AvgIpc) is 2.99. The van der Waals surface area contributed by atoms with E-state index in [1.807, 2.05) is 0 Å². The van der Waals surface area contributed by atoms with E-state index in [0.717, 1.165) is 29.3 Å². The zero-order valence-electron chi connectivity index (χ0n) is 10.8. The highest BCUT2D eigenvalue weighted by Crippen LogP contribution is 2.17. The van der Waals surface area contributed by atoms with Crippen LogP contribution in [-0.4, -0.2) is 14.6 Å². The first kappa shape index (κ1) is 12.3. The number of fused-ring (bicyclic) bond motifs is 1. The van der Waals surface area contributed by atoms with Gasteiger partial charge in [-0.1, -0.05) is 24.3 Å². The summed E-state index contributed by atoms with van der Waals surface area (Å²) in [5, 5.41) is 10.5. The highest BCUT2D eigenvalue weighted by Gasteiger charge is 2.11. The monoisotopic (exact) mass is 272 g/mol. The van der Waals surface area contributed by atoms with Crippen molar-refractivity contribution in [1.29, 1.82) is 0 Å². The standard InChI is InChI=1S/C14H16N4S/c1-10-4-2-3-5-11(10)6-7-13-16-17-14-18(13)12(8-15)9-19-14/h2-5,9H,6-8,15H2,1H3. The molecule has 0 unspecified atom stereocenters. The van der Waals surface area contributed by atoms with Crippen molar-refractivity contribution >= 4 is 16.3 Å². The SMILES string of the molecule is Cc1ccccc1CCc1nnc2scc(CN)n12. The molecule has 0 saturated heterocycles. The Morgan fingerprint density at radius 2 is 2.05 bits per heavy atom. The molecule has 2 N–H and O–H groups in total. The molecule has 3 aromatic rings. The molecule has 0 atom stereocenters. The minimum atomic E-state index is 0.523. The maximum absolute atomic E-state index is 5.75. The maximum Gasteiger partial charge on any atom is 0.216 e. The molecule has 2 aromatic heterocycles. The van der Waals surface area contributed by atoms with Crippen molar-refractivity contribution in [2.24, 2.45) is 5.73 Å². The molecule has 5 heteroatoms. The topological polar surface area (TPSA) is 56.2 Å². The normalized spacial score (nSPS) is 11.3. The molecule has 0 fully saturated rings. The van der Waals surface area contributed by atoms with Gasteiger partial charge in [-0.3, -0.25) is 4.40 Å². The van der Waals surface area contributed by atoms with Crippen LogP contribution in [0.1, 0.15) is 22.6 Å². The van der Waals surface area contributed by atoms with Gasteiger partial charge in [0.05, 0.1) is 5.69 Å². The molecule has 0 aliphatic heterocycles. The summed E-state index contributed by atoms with van der Waals surface area (Å²) in [6, 6.07) is 8.47. The minimum Gasteiger partial charge on any atom is -0.325 e. The number of aromatic nitrogens is 3. The van der Waals surface area contributed by atoms with E-state index in [2.05, 4.69) is 51.2 Å². The molecule has 0 bridgehead atoms. The van der Waals surface area contributed by atoms with E-state index >= 15 is 0 Å². The van der Waals surface area contributed by atoms with E-state index in [9.17, 15) is 0 Å². The van der Waals surface area contributed by atoms with Crippen LogP contribution in [0.2, 0.25) is 0 Å². The molecule has 19 heavy (non-hydrogen) atoms. The number of nitrogens with two attached hydrogens (primary N) is 1. The predicted molar refractivity (Wildman–Crippen MR) is 77.3 cm³/mol. The summed E-state index contributed by atoms with van der Waals surface area (Å²) in [4.78, 5) is 0.931. The summed E-state index contributed by atoms with van der Waals surface area (Å²) in [6.45, 7) is 2.67. The zero-order valence-corrected chi connectivity index (χ0v) is 11.7. The van der Waals surface area contributed by atoms with E-state index in [0.29, 0.717) is 6.54 Å². The lowest BCUT2D eigenvalue weighted by Gasteiger charge is -2.04. The average molecular weight is 272 g/mol. The summed E-state index contributed by atoms with van der Waals surface area (Å²) < 4.78 is 2.09. The molecular weight excluding hydrogens is 256 g/mol. The molecule has 0 saturated carbocycles. The van der Waals surface area contributed by atoms with Crippen molar-refractivity contribution in [3.63, 3.8) is 0 Å². The van der Waals surface area contributed by atoms with Gasteiger partial charge in [-0.2, -0.15) is 0 Å². The molecule has 2 heterocycles. The van der Waals surface area contributed by atoms with E-state index in [-0.39, 0.29) is 0 Å². The Balaban J connectivity index is 1.86. The third-order valence-electron chi connectivity index (χ3n) is 3.38. The Labute approximate surface area is 115 Å². The number of hydrogen-bond acceptors (Lipinski definition) is 4. The molecule has 0 aliphatic rings. The summed E-state index contributed by atoms with van der Waals surface area (Å²) >= 11 is 1.59. The molecule has 0 aliphatic carbocycles. The van der Waals surface area contributed by atoms with Crippen molar-refractivity contribution in [2.45, 2.75) is 26.3 Å². The number of benzene rings is 1. The van der Waals surface area contributed by atoms with Crippen molar-refractivity contribution < 1.29 is 0 Å². The Bertz CT molecular complexity index is 698. The Kier molecular flexibility index (Phi) is 3.31. The van der Waals surface area contributed by atoms with Crippen molar-refractivity contribution in [3.05, 3.63) is 52.3 Å². The van der Waals surface area contributed by atoms with Crippen LogP contribution in [-0.2, 0) is 19.4 Å². The number of rotatable bonds is 4. The lowest BCUT2D eigenvalue weighted by molar-refractivity contribution is 0.812. The smallest absolute Gasteiger partial charge is 0.216 e. The summed E-state index contributed by atoms with van der Waals surface area (Å²) in [5.74, 6) is 1.000. The molecule has 98 valence electrons. The van der Waals surface area contributed by atoms with E-state index in [4.69, 9.17) is 5.73 Å². The van der Waals surface area contributed by atoms with Gasteiger partial charge in [0, 0.05) is 18.3 Å². The van der Waals surface area contributed by atoms with E-state index in [1.165, 1.54) is 11.1 Å². The highest BCUT2D eigenvalue weighted by atomic mass is 32.1. The van der Waals surface area contributed by atoms with Gasteiger partial charge in [0.25, 0.3) is 0 Å². The largest absolute Gasteiger partial charge is 0.325 e. The van der Waals surface area contributed by atoms with Crippen LogP contribution in [0.3, 0.4) is 0 Å². The Morgan fingerprint density at radius 3 is 2.84 bits per heavy atom. The van der Waals surface area contributed by atoms with Gasteiger partial charge in [0.2, 0.25) is 4.96 Å². The van der Waals surface area contributed by atoms with Crippen LogP contribution in [0.15, 0.2) is 29.6 Å². The first-order chi connectivity index (χ1) is 9.29. The van der Waals surface area contributed by atoms with Crippen LogP contribution in [0.4, 0.5) is 0 Å². The van der Waals surface area contributed by atoms with E-state index in [1.54, 1.807) is 11.3 Å². The van der Waals surface area contributed by atoms with Gasteiger partial charge in [-0.05, 0) is 24.5 Å². The molecule has 0 spiro atoms. The number of nitrogens with zero attached hydrogens (tertiary/aromatic N) is 3. The first-order valence-electron chi connectivity index (χ1n) is 6.34. The lowest BCUT2D eigenvalue weighted by Crippen LogP contribution is -2.05. The van der Waals surface area contributed by atoms with Gasteiger partial charge < -0.3 is 5.73 Å². The summed E-state index contributed by atoms with van der Waals surface area (Å²) in [6.07, 6.45) is 1.86. The van der Waals surface area contributed by atoms with Gasteiger partial charge in [-0.15, -0.1) is 21.5 Å². The Morgan fingerprint density at radius 1 is 1.21 bits per heavy atom. The van der Waals surface area contributed by atoms with E-state index < -0.39 is 0 Å². The van der Waals surface area contributed by atoms with Gasteiger partial charge in [-0.25, -0.2) is 0 Å². The van der Waals surface area contributed by atoms with Crippen LogP contribution < -0.4 is 5.73 Å². The number of hydrogen-bond donors (Lipinski definition) is 1. The fraction of sp³-hybridized carbons (Fsp3) is 0.286. The molecular formula is C14H16N4S. The van der Waals surface area contributed by atoms with Crippen LogP contribution in [0, 0.1) is 6.92 Å². The van der Waals surface area contributed by atoms with Crippen LogP contribution >= 0.6 is 11.3 Å². The van der Waals surface area contributed by atoms with Gasteiger partial charge in [0.1, 0.15) is 5.82 Å². The number of thiazole rings is 1. The van der Waals surface area contributed by atoms with Crippen molar-refractivity contribution in [2.75, 3.05) is 0 Å². The summed E-state index contributed by atoms with van der Waals surface area (Å²) in [7, 11) is 0. The van der Waals surface area contributed by atoms with Gasteiger partial charge >= 0.3 is 0 Å². The molecule has 0 amide bonds. The van der Waals surface area contributed by atoms with Crippen LogP contribution in [0.25, 0.3) is 4.96 Å². The maximum atomic E-state index is 5.75. The summed E-state index contributed by atoms with van der Waals surface area (Å²) in [5.41, 5.74) is 9.53. The van der Waals surface area contributed by atoms with Gasteiger partial charge in [0.15, 0.2) is 0 Å². The zero-order chi connectivity index (χ0) is 13.2. The van der Waals surface area contributed by atoms with Crippen molar-refractivity contribution in [3.8, 4) is 0 Å². The molecule has 1 aromatic carbocycles. The van der Waals surface area contributed by atoms with Crippen molar-refractivity contribution in [1.82, 2.24) is 14.6 Å². The predicted octanol–water partition coefficient (Wildman–Crippen LogP) is 2.34. The second kappa shape index (κ2) is 5.11.